The lowest BCUT2D eigenvalue weighted by molar-refractivity contribution is 0.414. The summed E-state index contributed by atoms with van der Waals surface area (Å²) in [4.78, 5) is 0. The molecule has 0 aliphatic rings. The quantitative estimate of drug-likeness (QED) is 0.864. The molecule has 0 saturated heterocycles. The van der Waals surface area contributed by atoms with E-state index in [0.29, 0.717) is 16.6 Å². The molecule has 1 N–H and O–H groups in total. The van der Waals surface area contributed by atoms with Gasteiger partial charge in [-0.1, -0.05) is 29.3 Å². The van der Waals surface area contributed by atoms with E-state index in [1.54, 1.807) is 13.2 Å². The van der Waals surface area contributed by atoms with Crippen LogP contribution in [0.25, 0.3) is 0 Å². The van der Waals surface area contributed by atoms with E-state index in [-0.39, 0.29) is 0 Å². The van der Waals surface area contributed by atoms with Gasteiger partial charge in [0.1, 0.15) is 5.75 Å². The molecule has 0 saturated carbocycles. The molecule has 100 valence electrons. The van der Waals surface area contributed by atoms with Gasteiger partial charge in [-0.05, 0) is 48.4 Å². The Bertz CT molecular complexity index is 584. The number of anilines is 1. The smallest absolute Gasteiger partial charge is 0.119 e. The van der Waals surface area contributed by atoms with Gasteiger partial charge in [-0.3, -0.25) is 0 Å². The second kappa shape index (κ2) is 6.18. The van der Waals surface area contributed by atoms with Crippen LogP contribution < -0.4 is 10.1 Å². The van der Waals surface area contributed by atoms with E-state index in [1.165, 1.54) is 0 Å². The van der Waals surface area contributed by atoms with Crippen molar-refractivity contribution in [2.45, 2.75) is 13.5 Å². The first-order valence-corrected chi connectivity index (χ1v) is 6.68. The number of aryl methyl sites for hydroxylation is 1. The number of rotatable bonds is 4. The van der Waals surface area contributed by atoms with Crippen LogP contribution >= 0.6 is 23.2 Å². The van der Waals surface area contributed by atoms with Crippen molar-refractivity contribution in [1.29, 1.82) is 0 Å². The highest BCUT2D eigenvalue weighted by molar-refractivity contribution is 6.35. The second-order valence-electron chi connectivity index (χ2n) is 4.27. The van der Waals surface area contributed by atoms with Crippen LogP contribution in [0.1, 0.15) is 11.1 Å². The maximum absolute atomic E-state index is 6.14. The fourth-order valence-corrected chi connectivity index (χ4v) is 2.29. The number of nitrogens with one attached hydrogen (secondary N) is 1. The molecular formula is C15H15Cl2NO. The fourth-order valence-electron chi connectivity index (χ4n) is 1.82. The molecule has 0 spiro atoms. The number of ether oxygens (including phenoxy) is 1. The molecular weight excluding hydrogens is 281 g/mol. The second-order valence-corrected chi connectivity index (χ2v) is 5.11. The number of methoxy groups -OCH3 is 1. The van der Waals surface area contributed by atoms with E-state index in [0.717, 1.165) is 22.6 Å². The summed E-state index contributed by atoms with van der Waals surface area (Å²) in [7, 11) is 1.66. The van der Waals surface area contributed by atoms with E-state index in [1.807, 2.05) is 37.3 Å². The molecule has 0 aliphatic carbocycles. The molecule has 0 bridgehead atoms. The Morgan fingerprint density at radius 2 is 1.89 bits per heavy atom. The molecule has 2 nitrogen and oxygen atoms in total. The van der Waals surface area contributed by atoms with Crippen molar-refractivity contribution in [2.75, 3.05) is 12.4 Å². The first-order chi connectivity index (χ1) is 9.10. The van der Waals surface area contributed by atoms with Gasteiger partial charge < -0.3 is 10.1 Å². The Labute approximate surface area is 123 Å². The van der Waals surface area contributed by atoms with Gasteiger partial charge in [-0.15, -0.1) is 0 Å². The average molecular weight is 296 g/mol. The highest BCUT2D eigenvalue weighted by Gasteiger charge is 2.03. The molecule has 0 heterocycles. The van der Waals surface area contributed by atoms with E-state index in [2.05, 4.69) is 5.32 Å². The molecule has 0 aliphatic heterocycles. The summed E-state index contributed by atoms with van der Waals surface area (Å²) in [6, 6.07) is 11.4. The molecule has 0 amide bonds. The van der Waals surface area contributed by atoms with Crippen molar-refractivity contribution in [3.05, 3.63) is 57.6 Å². The van der Waals surface area contributed by atoms with Gasteiger partial charge in [0.2, 0.25) is 0 Å². The van der Waals surface area contributed by atoms with Crippen LogP contribution in [0, 0.1) is 6.92 Å². The summed E-state index contributed by atoms with van der Waals surface area (Å²) in [6.07, 6.45) is 0. The molecule has 2 aromatic carbocycles. The summed E-state index contributed by atoms with van der Waals surface area (Å²) in [5.41, 5.74) is 3.21. The van der Waals surface area contributed by atoms with Crippen molar-refractivity contribution < 1.29 is 4.74 Å². The van der Waals surface area contributed by atoms with Crippen molar-refractivity contribution in [1.82, 2.24) is 0 Å². The summed E-state index contributed by atoms with van der Waals surface area (Å²) in [5, 5.41) is 4.68. The van der Waals surface area contributed by atoms with Crippen LogP contribution in [0.5, 0.6) is 5.75 Å². The van der Waals surface area contributed by atoms with Crippen LogP contribution in [-0.4, -0.2) is 7.11 Å². The van der Waals surface area contributed by atoms with Crippen molar-refractivity contribution >= 4 is 28.9 Å². The van der Waals surface area contributed by atoms with E-state index in [9.17, 15) is 0 Å². The van der Waals surface area contributed by atoms with Crippen LogP contribution in [0.15, 0.2) is 36.4 Å². The Morgan fingerprint density at radius 3 is 2.53 bits per heavy atom. The van der Waals surface area contributed by atoms with Crippen LogP contribution in [0.2, 0.25) is 10.0 Å². The third-order valence-corrected chi connectivity index (χ3v) is 3.50. The van der Waals surface area contributed by atoms with Gasteiger partial charge >= 0.3 is 0 Å². The zero-order valence-corrected chi connectivity index (χ0v) is 12.3. The topological polar surface area (TPSA) is 21.3 Å². The minimum absolute atomic E-state index is 0.648. The minimum atomic E-state index is 0.648. The van der Waals surface area contributed by atoms with Gasteiger partial charge in [0.25, 0.3) is 0 Å². The average Bonchev–Trinajstić information content (AvgIpc) is 2.39. The van der Waals surface area contributed by atoms with Crippen LogP contribution in [0.3, 0.4) is 0 Å². The summed E-state index contributed by atoms with van der Waals surface area (Å²) in [6.45, 7) is 2.69. The number of hydrogen-bond acceptors (Lipinski definition) is 2. The van der Waals surface area contributed by atoms with Crippen LogP contribution in [-0.2, 0) is 6.54 Å². The summed E-state index contributed by atoms with van der Waals surface area (Å²) in [5.74, 6) is 0.854. The highest BCUT2D eigenvalue weighted by Crippen LogP contribution is 2.24. The maximum atomic E-state index is 6.14. The highest BCUT2D eigenvalue weighted by atomic mass is 35.5. The Morgan fingerprint density at radius 1 is 1.11 bits per heavy atom. The molecule has 4 heteroatoms. The predicted molar refractivity (Wildman–Crippen MR) is 81.5 cm³/mol. The third kappa shape index (κ3) is 3.55. The molecule has 0 unspecified atom stereocenters. The lowest BCUT2D eigenvalue weighted by Crippen LogP contribution is -2.01. The normalized spacial score (nSPS) is 10.3. The predicted octanol–water partition coefficient (Wildman–Crippen LogP) is 4.92. The van der Waals surface area contributed by atoms with Gasteiger partial charge in [0.05, 0.1) is 7.11 Å². The van der Waals surface area contributed by atoms with Gasteiger partial charge in [-0.25, -0.2) is 0 Å². The van der Waals surface area contributed by atoms with Crippen molar-refractivity contribution in [2.24, 2.45) is 0 Å². The molecule has 0 atom stereocenters. The molecule has 2 rings (SSSR count). The van der Waals surface area contributed by atoms with Crippen molar-refractivity contribution in [3.8, 4) is 5.75 Å². The van der Waals surface area contributed by atoms with E-state index in [4.69, 9.17) is 27.9 Å². The van der Waals surface area contributed by atoms with Crippen molar-refractivity contribution in [3.63, 3.8) is 0 Å². The van der Waals surface area contributed by atoms with E-state index >= 15 is 0 Å². The van der Waals surface area contributed by atoms with Crippen LogP contribution in [0.4, 0.5) is 5.69 Å². The third-order valence-electron chi connectivity index (χ3n) is 2.92. The number of halogens is 2. The lowest BCUT2D eigenvalue weighted by Gasteiger charge is -2.12. The Hall–Kier alpha value is -1.38. The standard InChI is InChI=1S/C15H15Cl2NO/c1-10-7-13(19-2)5-6-15(10)18-9-11-3-4-12(16)8-14(11)17/h3-8,18H,9H2,1-2H3. The SMILES string of the molecule is COc1ccc(NCc2ccc(Cl)cc2Cl)c(C)c1. The fraction of sp³-hybridized carbons (Fsp3) is 0.200. The van der Waals surface area contributed by atoms with Gasteiger partial charge in [0.15, 0.2) is 0 Å². The number of benzene rings is 2. The zero-order chi connectivity index (χ0) is 13.8. The Balaban J connectivity index is 2.10. The molecule has 0 aromatic heterocycles. The van der Waals surface area contributed by atoms with Gasteiger partial charge in [0, 0.05) is 22.3 Å². The minimum Gasteiger partial charge on any atom is -0.497 e. The zero-order valence-electron chi connectivity index (χ0n) is 10.8. The van der Waals surface area contributed by atoms with E-state index < -0.39 is 0 Å². The lowest BCUT2D eigenvalue weighted by atomic mass is 10.1. The first kappa shape index (κ1) is 14.0. The molecule has 0 fully saturated rings. The van der Waals surface area contributed by atoms with Gasteiger partial charge in [-0.2, -0.15) is 0 Å². The summed E-state index contributed by atoms with van der Waals surface area (Å²) < 4.78 is 5.18. The first-order valence-electron chi connectivity index (χ1n) is 5.92. The molecule has 0 radical (unpaired) electrons. The monoisotopic (exact) mass is 295 g/mol. The maximum Gasteiger partial charge on any atom is 0.119 e. The molecule has 2 aromatic rings. The number of hydrogen-bond donors (Lipinski definition) is 1. The summed E-state index contributed by atoms with van der Waals surface area (Å²) >= 11 is 12.0. The molecule has 19 heavy (non-hydrogen) atoms. The Kier molecular flexibility index (Phi) is 4.56. The largest absolute Gasteiger partial charge is 0.497 e.